The Labute approximate surface area is 142 Å². The first kappa shape index (κ1) is 17.8. The Morgan fingerprint density at radius 3 is 2.52 bits per heavy atom. The van der Waals surface area contributed by atoms with E-state index in [1.165, 1.54) is 16.2 Å². The first-order chi connectivity index (χ1) is 11.1. The van der Waals surface area contributed by atoms with E-state index in [1.54, 1.807) is 23.3 Å². The molecule has 0 aliphatic heterocycles. The molecule has 3 amide bonds. The Hall–Kier alpha value is -1.56. The van der Waals surface area contributed by atoms with Crippen LogP contribution in [0.3, 0.4) is 0 Å². The van der Waals surface area contributed by atoms with Crippen molar-refractivity contribution in [2.45, 2.75) is 45.6 Å². The number of nitrogens with one attached hydrogen (secondary N) is 2. The minimum absolute atomic E-state index is 0.108. The maximum atomic E-state index is 12.0. The summed E-state index contributed by atoms with van der Waals surface area (Å²) in [5.41, 5.74) is 0. The number of urea groups is 1. The first-order valence-electron chi connectivity index (χ1n) is 8.38. The van der Waals surface area contributed by atoms with Gasteiger partial charge in [-0.1, -0.05) is 19.3 Å². The molecule has 2 N–H and O–H groups in total. The number of carbonyl (C=O) groups excluding carboxylic acids is 2. The van der Waals surface area contributed by atoms with Gasteiger partial charge in [-0.2, -0.15) is 0 Å². The molecule has 0 aromatic carbocycles. The molecule has 23 heavy (non-hydrogen) atoms. The SMILES string of the molecule is Cc1ccc(CN(C)C(=O)NCCNC(=O)C2CCCCC2)s1. The summed E-state index contributed by atoms with van der Waals surface area (Å²) in [5, 5.41) is 5.77. The van der Waals surface area contributed by atoms with Crippen molar-refractivity contribution in [3.05, 3.63) is 21.9 Å². The highest BCUT2D eigenvalue weighted by Crippen LogP contribution is 2.23. The fourth-order valence-corrected chi connectivity index (χ4v) is 3.82. The van der Waals surface area contributed by atoms with Crippen molar-refractivity contribution in [3.8, 4) is 0 Å². The van der Waals surface area contributed by atoms with Crippen LogP contribution in [0.1, 0.15) is 41.9 Å². The largest absolute Gasteiger partial charge is 0.354 e. The minimum atomic E-state index is -0.108. The van der Waals surface area contributed by atoms with Crippen LogP contribution >= 0.6 is 11.3 Å². The van der Waals surface area contributed by atoms with Crippen LogP contribution in [-0.2, 0) is 11.3 Å². The van der Waals surface area contributed by atoms with E-state index >= 15 is 0 Å². The summed E-state index contributed by atoms with van der Waals surface area (Å²) in [6.07, 6.45) is 5.56. The highest BCUT2D eigenvalue weighted by Gasteiger charge is 2.20. The van der Waals surface area contributed by atoms with E-state index in [1.807, 2.05) is 6.07 Å². The third kappa shape index (κ3) is 5.86. The molecule has 0 spiro atoms. The second-order valence-electron chi connectivity index (χ2n) is 6.23. The monoisotopic (exact) mass is 337 g/mol. The van der Waals surface area contributed by atoms with Crippen molar-refractivity contribution in [2.75, 3.05) is 20.1 Å². The molecule has 1 heterocycles. The van der Waals surface area contributed by atoms with Gasteiger partial charge in [0.25, 0.3) is 0 Å². The average molecular weight is 337 g/mol. The zero-order chi connectivity index (χ0) is 16.7. The number of aryl methyl sites for hydroxylation is 1. The lowest BCUT2D eigenvalue weighted by molar-refractivity contribution is -0.125. The average Bonchev–Trinajstić information content (AvgIpc) is 2.96. The normalized spacial score (nSPS) is 15.2. The predicted octanol–water partition coefficient (Wildman–Crippen LogP) is 2.89. The molecule has 1 aromatic rings. The highest BCUT2D eigenvalue weighted by molar-refractivity contribution is 7.11. The van der Waals surface area contributed by atoms with Crippen LogP contribution < -0.4 is 10.6 Å². The lowest BCUT2D eigenvalue weighted by Gasteiger charge is -2.21. The second-order valence-corrected chi connectivity index (χ2v) is 7.60. The Kier molecular flexibility index (Phi) is 6.89. The number of hydrogen-bond donors (Lipinski definition) is 2. The lowest BCUT2D eigenvalue weighted by Crippen LogP contribution is -2.42. The molecule has 0 saturated heterocycles. The molecule has 0 bridgehead atoms. The molecular formula is C17H27N3O2S. The van der Waals surface area contributed by atoms with Crippen molar-refractivity contribution in [3.63, 3.8) is 0 Å². The fraction of sp³-hybridized carbons (Fsp3) is 0.647. The van der Waals surface area contributed by atoms with Crippen molar-refractivity contribution in [1.29, 1.82) is 0 Å². The van der Waals surface area contributed by atoms with Gasteiger partial charge in [0, 0.05) is 35.8 Å². The summed E-state index contributed by atoms with van der Waals surface area (Å²) < 4.78 is 0. The van der Waals surface area contributed by atoms with Crippen molar-refractivity contribution >= 4 is 23.3 Å². The summed E-state index contributed by atoms with van der Waals surface area (Å²) in [5.74, 6) is 0.311. The summed E-state index contributed by atoms with van der Waals surface area (Å²) >= 11 is 1.70. The van der Waals surface area contributed by atoms with E-state index in [-0.39, 0.29) is 17.9 Å². The third-order valence-electron chi connectivity index (χ3n) is 4.21. The molecule has 5 nitrogen and oxygen atoms in total. The summed E-state index contributed by atoms with van der Waals surface area (Å²) in [6.45, 7) is 3.63. The molecule has 6 heteroatoms. The van der Waals surface area contributed by atoms with Crippen molar-refractivity contribution < 1.29 is 9.59 Å². The van der Waals surface area contributed by atoms with Gasteiger partial charge >= 0.3 is 6.03 Å². The number of rotatable bonds is 6. The van der Waals surface area contributed by atoms with E-state index in [0.717, 1.165) is 25.7 Å². The van der Waals surface area contributed by atoms with Crippen LogP contribution in [0.5, 0.6) is 0 Å². The van der Waals surface area contributed by atoms with Gasteiger partial charge in [0.1, 0.15) is 0 Å². The van der Waals surface area contributed by atoms with Gasteiger partial charge in [0.15, 0.2) is 0 Å². The minimum Gasteiger partial charge on any atom is -0.354 e. The number of carbonyl (C=O) groups is 2. The topological polar surface area (TPSA) is 61.4 Å². The van der Waals surface area contributed by atoms with Crippen molar-refractivity contribution in [2.24, 2.45) is 5.92 Å². The van der Waals surface area contributed by atoms with Gasteiger partial charge in [-0.25, -0.2) is 4.79 Å². The zero-order valence-corrected chi connectivity index (χ0v) is 14.9. The number of thiophene rings is 1. The van der Waals surface area contributed by atoms with Crippen molar-refractivity contribution in [1.82, 2.24) is 15.5 Å². The van der Waals surface area contributed by atoms with Gasteiger partial charge in [0.2, 0.25) is 5.91 Å². The predicted molar refractivity (Wildman–Crippen MR) is 93.5 cm³/mol. The molecule has 0 unspecified atom stereocenters. The molecule has 1 aliphatic carbocycles. The quantitative estimate of drug-likeness (QED) is 0.784. The van der Waals surface area contributed by atoms with Crippen LogP contribution in [-0.4, -0.2) is 37.0 Å². The molecule has 128 valence electrons. The van der Waals surface area contributed by atoms with E-state index in [9.17, 15) is 9.59 Å². The molecule has 0 atom stereocenters. The maximum absolute atomic E-state index is 12.0. The number of hydrogen-bond acceptors (Lipinski definition) is 3. The molecule has 1 saturated carbocycles. The fourth-order valence-electron chi connectivity index (χ4n) is 2.87. The van der Waals surface area contributed by atoms with E-state index < -0.39 is 0 Å². The standard InChI is InChI=1S/C17H27N3O2S/c1-13-8-9-15(23-13)12-20(2)17(22)19-11-10-18-16(21)14-6-4-3-5-7-14/h8-9,14H,3-7,10-12H2,1-2H3,(H,18,21)(H,19,22). The number of amides is 3. The smallest absolute Gasteiger partial charge is 0.317 e. The van der Waals surface area contributed by atoms with Crippen LogP contribution in [0.15, 0.2) is 12.1 Å². The highest BCUT2D eigenvalue weighted by atomic mass is 32.1. The Morgan fingerprint density at radius 2 is 1.87 bits per heavy atom. The second kappa shape index (κ2) is 8.91. The van der Waals surface area contributed by atoms with Crippen LogP contribution in [0, 0.1) is 12.8 Å². The molecular weight excluding hydrogens is 310 g/mol. The Bertz CT molecular complexity index is 524. The molecule has 1 fully saturated rings. The molecule has 1 aliphatic rings. The van der Waals surface area contributed by atoms with Crippen LogP contribution in [0.2, 0.25) is 0 Å². The molecule has 1 aromatic heterocycles. The van der Waals surface area contributed by atoms with Gasteiger partial charge in [-0.3, -0.25) is 4.79 Å². The third-order valence-corrected chi connectivity index (χ3v) is 5.20. The van der Waals surface area contributed by atoms with Crippen LogP contribution in [0.25, 0.3) is 0 Å². The molecule has 0 radical (unpaired) electrons. The summed E-state index contributed by atoms with van der Waals surface area (Å²) in [7, 11) is 1.78. The van der Waals surface area contributed by atoms with E-state index in [0.29, 0.717) is 19.6 Å². The number of nitrogens with zero attached hydrogens (tertiary/aromatic N) is 1. The van der Waals surface area contributed by atoms with Gasteiger partial charge in [-0.05, 0) is 31.9 Å². The van der Waals surface area contributed by atoms with Crippen LogP contribution in [0.4, 0.5) is 4.79 Å². The van der Waals surface area contributed by atoms with E-state index in [4.69, 9.17) is 0 Å². The summed E-state index contributed by atoms with van der Waals surface area (Å²) in [6, 6.07) is 4.00. The lowest BCUT2D eigenvalue weighted by atomic mass is 9.89. The molecule has 2 rings (SSSR count). The Morgan fingerprint density at radius 1 is 1.17 bits per heavy atom. The van der Waals surface area contributed by atoms with Gasteiger partial charge in [0.05, 0.1) is 6.54 Å². The first-order valence-corrected chi connectivity index (χ1v) is 9.20. The summed E-state index contributed by atoms with van der Waals surface area (Å²) in [4.78, 5) is 28.1. The van der Waals surface area contributed by atoms with Gasteiger partial charge < -0.3 is 15.5 Å². The maximum Gasteiger partial charge on any atom is 0.317 e. The van der Waals surface area contributed by atoms with E-state index in [2.05, 4.69) is 23.6 Å². The Balaban J connectivity index is 1.61. The zero-order valence-electron chi connectivity index (χ0n) is 14.1. The van der Waals surface area contributed by atoms with Gasteiger partial charge in [-0.15, -0.1) is 11.3 Å².